The van der Waals surface area contributed by atoms with Crippen molar-refractivity contribution in [3.63, 3.8) is 0 Å². The molecule has 0 amide bonds. The molecule has 0 atom stereocenters. The van der Waals surface area contributed by atoms with Gasteiger partial charge in [0.25, 0.3) is 0 Å². The molecule has 1 fully saturated rings. The highest BCUT2D eigenvalue weighted by Crippen LogP contribution is 2.29. The van der Waals surface area contributed by atoms with E-state index in [0.29, 0.717) is 11.6 Å². The van der Waals surface area contributed by atoms with Crippen LogP contribution >= 0.6 is 15.9 Å². The van der Waals surface area contributed by atoms with E-state index in [1.54, 1.807) is 12.1 Å². The monoisotopic (exact) mass is 299 g/mol. The number of hydrogen-bond donors (Lipinski definition) is 1. The summed E-state index contributed by atoms with van der Waals surface area (Å²) in [6, 6.07) is 5.03. The average molecular weight is 300 g/mol. The number of halogens is 2. The summed E-state index contributed by atoms with van der Waals surface area (Å²) >= 11 is 3.36. The number of rotatable bonds is 3. The highest BCUT2D eigenvalue weighted by molar-refractivity contribution is 9.10. The summed E-state index contributed by atoms with van der Waals surface area (Å²) in [7, 11) is 0. The van der Waals surface area contributed by atoms with Gasteiger partial charge in [0, 0.05) is 11.0 Å². The maximum absolute atomic E-state index is 13.5. The number of hydrogen-bond acceptors (Lipinski definition) is 1. The SMILES string of the molecule is CC1CCC(CNc2cc(Br)ccc2F)CC1. The quantitative estimate of drug-likeness (QED) is 0.843. The van der Waals surface area contributed by atoms with Crippen LogP contribution < -0.4 is 5.32 Å². The van der Waals surface area contributed by atoms with Gasteiger partial charge < -0.3 is 5.32 Å². The molecule has 3 heteroatoms. The summed E-state index contributed by atoms with van der Waals surface area (Å²) < 4.78 is 14.4. The van der Waals surface area contributed by atoms with E-state index in [9.17, 15) is 4.39 Å². The fourth-order valence-electron chi connectivity index (χ4n) is 2.42. The normalized spacial score (nSPS) is 24.6. The van der Waals surface area contributed by atoms with Gasteiger partial charge >= 0.3 is 0 Å². The van der Waals surface area contributed by atoms with Gasteiger partial charge in [-0.15, -0.1) is 0 Å². The van der Waals surface area contributed by atoms with Gasteiger partial charge in [-0.2, -0.15) is 0 Å². The zero-order valence-corrected chi connectivity index (χ0v) is 11.8. The van der Waals surface area contributed by atoms with Gasteiger partial charge in [-0.25, -0.2) is 4.39 Å². The smallest absolute Gasteiger partial charge is 0.146 e. The van der Waals surface area contributed by atoms with Gasteiger partial charge in [0.05, 0.1) is 5.69 Å². The number of nitrogens with one attached hydrogen (secondary N) is 1. The van der Waals surface area contributed by atoms with E-state index in [1.807, 2.05) is 0 Å². The molecule has 1 aliphatic rings. The third-order valence-electron chi connectivity index (χ3n) is 3.65. The third kappa shape index (κ3) is 3.70. The van der Waals surface area contributed by atoms with Crippen LogP contribution in [0, 0.1) is 17.7 Å². The molecule has 0 bridgehead atoms. The predicted molar refractivity (Wildman–Crippen MR) is 73.7 cm³/mol. The Balaban J connectivity index is 1.87. The molecule has 2 rings (SSSR count). The molecular weight excluding hydrogens is 281 g/mol. The summed E-state index contributed by atoms with van der Waals surface area (Å²) in [6.45, 7) is 3.21. The second-order valence-corrected chi connectivity index (χ2v) is 6.05. The highest BCUT2D eigenvalue weighted by Gasteiger charge is 2.18. The molecule has 0 radical (unpaired) electrons. The Labute approximate surface area is 111 Å². The van der Waals surface area contributed by atoms with E-state index in [1.165, 1.54) is 31.7 Å². The van der Waals surface area contributed by atoms with Crippen molar-refractivity contribution in [3.05, 3.63) is 28.5 Å². The second kappa shape index (κ2) is 5.85. The summed E-state index contributed by atoms with van der Waals surface area (Å²) in [5.41, 5.74) is 0.609. The molecule has 0 heterocycles. The topological polar surface area (TPSA) is 12.0 Å². The van der Waals surface area contributed by atoms with E-state index in [4.69, 9.17) is 0 Å². The lowest BCUT2D eigenvalue weighted by Gasteiger charge is -2.26. The first-order valence-corrected chi connectivity index (χ1v) is 7.13. The minimum atomic E-state index is -0.169. The lowest BCUT2D eigenvalue weighted by molar-refractivity contribution is 0.300. The molecule has 0 spiro atoms. The van der Waals surface area contributed by atoms with Crippen molar-refractivity contribution in [2.45, 2.75) is 32.6 Å². The molecule has 1 nitrogen and oxygen atoms in total. The fraction of sp³-hybridized carbons (Fsp3) is 0.571. The molecule has 94 valence electrons. The van der Waals surface area contributed by atoms with E-state index in [-0.39, 0.29) is 5.82 Å². The van der Waals surface area contributed by atoms with Crippen molar-refractivity contribution < 1.29 is 4.39 Å². The van der Waals surface area contributed by atoms with Crippen LogP contribution in [0.2, 0.25) is 0 Å². The van der Waals surface area contributed by atoms with Crippen LogP contribution in [-0.2, 0) is 0 Å². The van der Waals surface area contributed by atoms with E-state index in [0.717, 1.165) is 16.9 Å². The molecule has 1 N–H and O–H groups in total. The van der Waals surface area contributed by atoms with Crippen LogP contribution in [0.15, 0.2) is 22.7 Å². The van der Waals surface area contributed by atoms with Gasteiger partial charge in [-0.05, 0) is 42.9 Å². The lowest BCUT2D eigenvalue weighted by Crippen LogP contribution is -2.20. The van der Waals surface area contributed by atoms with Gasteiger partial charge in [0.2, 0.25) is 0 Å². The Morgan fingerprint density at radius 2 is 2.00 bits per heavy atom. The van der Waals surface area contributed by atoms with Crippen molar-refractivity contribution in [1.29, 1.82) is 0 Å². The van der Waals surface area contributed by atoms with Crippen molar-refractivity contribution in [2.75, 3.05) is 11.9 Å². The number of benzene rings is 1. The van der Waals surface area contributed by atoms with Crippen molar-refractivity contribution >= 4 is 21.6 Å². The molecule has 1 saturated carbocycles. The van der Waals surface area contributed by atoms with E-state index < -0.39 is 0 Å². The van der Waals surface area contributed by atoms with E-state index in [2.05, 4.69) is 28.2 Å². The minimum Gasteiger partial charge on any atom is -0.382 e. The Bertz CT molecular complexity index is 372. The molecule has 1 aromatic rings. The average Bonchev–Trinajstić information content (AvgIpc) is 2.32. The maximum atomic E-state index is 13.5. The Morgan fingerprint density at radius 1 is 1.29 bits per heavy atom. The maximum Gasteiger partial charge on any atom is 0.146 e. The van der Waals surface area contributed by atoms with Gasteiger partial charge in [-0.3, -0.25) is 0 Å². The van der Waals surface area contributed by atoms with E-state index >= 15 is 0 Å². The Kier molecular flexibility index (Phi) is 4.43. The molecule has 1 aromatic carbocycles. The largest absolute Gasteiger partial charge is 0.382 e. The van der Waals surface area contributed by atoms with Crippen LogP contribution in [0.25, 0.3) is 0 Å². The zero-order valence-electron chi connectivity index (χ0n) is 10.2. The summed E-state index contributed by atoms with van der Waals surface area (Å²) in [5, 5.41) is 3.23. The Hall–Kier alpha value is -0.570. The number of anilines is 1. The third-order valence-corrected chi connectivity index (χ3v) is 4.14. The summed E-state index contributed by atoms with van der Waals surface area (Å²) in [6.07, 6.45) is 5.16. The van der Waals surface area contributed by atoms with Crippen LogP contribution in [0.1, 0.15) is 32.6 Å². The fourth-order valence-corrected chi connectivity index (χ4v) is 2.78. The first-order valence-electron chi connectivity index (χ1n) is 6.34. The first kappa shape index (κ1) is 12.9. The molecule has 17 heavy (non-hydrogen) atoms. The predicted octanol–water partition coefficient (Wildman–Crippen LogP) is 4.83. The molecule has 1 aliphatic carbocycles. The zero-order chi connectivity index (χ0) is 12.3. The lowest BCUT2D eigenvalue weighted by atomic mass is 9.83. The molecule has 0 aromatic heterocycles. The van der Waals surface area contributed by atoms with Gasteiger partial charge in [0.15, 0.2) is 0 Å². The van der Waals surface area contributed by atoms with Crippen molar-refractivity contribution in [2.24, 2.45) is 11.8 Å². The summed E-state index contributed by atoms with van der Waals surface area (Å²) in [4.78, 5) is 0. The molecule has 0 aliphatic heterocycles. The standard InChI is InChI=1S/C14H19BrFN/c1-10-2-4-11(5-3-10)9-17-14-8-12(15)6-7-13(14)16/h6-8,10-11,17H,2-5,9H2,1H3. The second-order valence-electron chi connectivity index (χ2n) is 5.13. The van der Waals surface area contributed by atoms with Gasteiger partial charge in [-0.1, -0.05) is 35.7 Å². The van der Waals surface area contributed by atoms with Crippen molar-refractivity contribution in [3.8, 4) is 0 Å². The van der Waals surface area contributed by atoms with Crippen LogP contribution in [0.5, 0.6) is 0 Å². The highest BCUT2D eigenvalue weighted by atomic mass is 79.9. The molecule has 0 unspecified atom stereocenters. The first-order chi connectivity index (χ1) is 8.15. The molecule has 0 saturated heterocycles. The Morgan fingerprint density at radius 3 is 2.71 bits per heavy atom. The van der Waals surface area contributed by atoms with Crippen molar-refractivity contribution in [1.82, 2.24) is 0 Å². The van der Waals surface area contributed by atoms with Gasteiger partial charge in [0.1, 0.15) is 5.82 Å². The molecular formula is C14H19BrFN. The van der Waals surface area contributed by atoms with Crippen LogP contribution in [0.3, 0.4) is 0 Å². The van der Waals surface area contributed by atoms with Crippen LogP contribution in [0.4, 0.5) is 10.1 Å². The summed E-state index contributed by atoms with van der Waals surface area (Å²) in [5.74, 6) is 1.40. The minimum absolute atomic E-state index is 0.169. The van der Waals surface area contributed by atoms with Crippen LogP contribution in [-0.4, -0.2) is 6.54 Å².